The highest BCUT2D eigenvalue weighted by Crippen LogP contribution is 1.99. The summed E-state index contributed by atoms with van der Waals surface area (Å²) in [6.45, 7) is 0. The molecule has 2 amide bonds. The molecule has 0 unspecified atom stereocenters. The third-order valence-electron chi connectivity index (χ3n) is 2.23. The van der Waals surface area contributed by atoms with Crippen LogP contribution in [0.15, 0.2) is 45.6 Å². The van der Waals surface area contributed by atoms with Crippen molar-refractivity contribution in [1.82, 2.24) is 21.5 Å². The summed E-state index contributed by atoms with van der Waals surface area (Å²) in [5, 5.41) is 4.61. The van der Waals surface area contributed by atoms with Crippen LogP contribution in [0.5, 0.6) is 0 Å². The van der Waals surface area contributed by atoms with Crippen molar-refractivity contribution in [3.05, 3.63) is 48.3 Å². The van der Waals surface area contributed by atoms with Crippen LogP contribution in [0.1, 0.15) is 21.1 Å². The number of carbonyl (C=O) groups excluding carboxylic acids is 2. The molecule has 2 aromatic rings. The van der Waals surface area contributed by atoms with Gasteiger partial charge in [-0.25, -0.2) is 0 Å². The van der Waals surface area contributed by atoms with Gasteiger partial charge in [-0.3, -0.25) is 31.1 Å². The molecule has 0 aliphatic carbocycles. The van der Waals surface area contributed by atoms with E-state index in [9.17, 15) is 9.59 Å². The molecule has 0 atom stereocenters. The average molecular weight is 338 g/mol. The summed E-state index contributed by atoms with van der Waals surface area (Å²) in [5.41, 5.74) is 4.89. The maximum Gasteiger partial charge on any atom is 0.293 e. The van der Waals surface area contributed by atoms with Crippen molar-refractivity contribution in [2.75, 3.05) is 0 Å². The molecule has 10 heteroatoms. The van der Waals surface area contributed by atoms with Crippen molar-refractivity contribution >= 4 is 46.5 Å². The number of thiocarbonyl (C=S) groups is 2. The SMILES string of the molecule is O=C(NC(=S)NNC(=S)NC(=O)c1ccco1)c1ccco1. The van der Waals surface area contributed by atoms with Gasteiger partial charge in [-0.05, 0) is 48.7 Å². The molecule has 0 spiro atoms. The van der Waals surface area contributed by atoms with Crippen molar-refractivity contribution in [1.29, 1.82) is 0 Å². The van der Waals surface area contributed by atoms with Crippen LogP contribution in [0.4, 0.5) is 0 Å². The molecule has 0 aromatic carbocycles. The molecular weight excluding hydrogens is 328 g/mol. The summed E-state index contributed by atoms with van der Waals surface area (Å²) < 4.78 is 9.81. The van der Waals surface area contributed by atoms with Crippen molar-refractivity contribution in [3.8, 4) is 0 Å². The molecule has 0 aliphatic heterocycles. The summed E-state index contributed by atoms with van der Waals surface area (Å²) in [6, 6.07) is 6.12. The van der Waals surface area contributed by atoms with Crippen LogP contribution in [0.25, 0.3) is 0 Å². The first kappa shape index (κ1) is 15.7. The van der Waals surface area contributed by atoms with Gasteiger partial charge in [0.15, 0.2) is 21.7 Å². The monoisotopic (exact) mass is 338 g/mol. The second-order valence-electron chi connectivity index (χ2n) is 3.77. The van der Waals surface area contributed by atoms with Crippen LogP contribution in [0, 0.1) is 0 Å². The number of furan rings is 2. The van der Waals surface area contributed by atoms with Gasteiger partial charge in [-0.15, -0.1) is 0 Å². The Bertz CT molecular complexity index is 622. The van der Waals surface area contributed by atoms with Gasteiger partial charge in [0, 0.05) is 0 Å². The summed E-state index contributed by atoms with van der Waals surface area (Å²) in [5.74, 6) is -0.819. The van der Waals surface area contributed by atoms with Gasteiger partial charge in [-0.2, -0.15) is 0 Å². The van der Waals surface area contributed by atoms with E-state index >= 15 is 0 Å². The second-order valence-corrected chi connectivity index (χ2v) is 4.59. The molecule has 22 heavy (non-hydrogen) atoms. The highest BCUT2D eigenvalue weighted by Gasteiger charge is 2.12. The van der Waals surface area contributed by atoms with Gasteiger partial charge in [0.05, 0.1) is 12.5 Å². The van der Waals surface area contributed by atoms with Crippen molar-refractivity contribution in [3.63, 3.8) is 0 Å². The molecule has 0 aliphatic rings. The molecule has 4 N–H and O–H groups in total. The van der Waals surface area contributed by atoms with E-state index in [4.69, 9.17) is 33.3 Å². The van der Waals surface area contributed by atoms with E-state index in [2.05, 4.69) is 21.5 Å². The van der Waals surface area contributed by atoms with Gasteiger partial charge in [0.25, 0.3) is 11.8 Å². The zero-order valence-electron chi connectivity index (χ0n) is 10.9. The van der Waals surface area contributed by atoms with Crippen LogP contribution in [0.2, 0.25) is 0 Å². The maximum atomic E-state index is 11.6. The summed E-state index contributed by atoms with van der Waals surface area (Å²) >= 11 is 9.76. The smallest absolute Gasteiger partial charge is 0.293 e. The van der Waals surface area contributed by atoms with Gasteiger partial charge >= 0.3 is 0 Å². The molecule has 0 radical (unpaired) electrons. The largest absolute Gasteiger partial charge is 0.459 e. The lowest BCUT2D eigenvalue weighted by atomic mass is 10.4. The molecule has 0 saturated heterocycles. The minimum Gasteiger partial charge on any atom is -0.459 e. The second kappa shape index (κ2) is 7.33. The molecule has 2 heterocycles. The Morgan fingerprint density at radius 2 is 1.23 bits per heavy atom. The Labute approximate surface area is 135 Å². The lowest BCUT2D eigenvalue weighted by Gasteiger charge is -2.11. The standard InChI is InChI=1S/C12H10N4O4S2/c17-9(7-3-1-5-19-7)13-11(21)15-16-12(22)14-10(18)8-4-2-6-20-8/h1-6H,(H2,13,15,17,21)(H2,14,16,18,22). The Balaban J connectivity index is 1.73. The van der Waals surface area contributed by atoms with Crippen LogP contribution in [-0.4, -0.2) is 22.0 Å². The highest BCUT2D eigenvalue weighted by molar-refractivity contribution is 7.80. The zero-order chi connectivity index (χ0) is 15.9. The van der Waals surface area contributed by atoms with Gasteiger partial charge in [-0.1, -0.05) is 0 Å². The third kappa shape index (κ3) is 4.40. The van der Waals surface area contributed by atoms with Crippen molar-refractivity contribution in [2.24, 2.45) is 0 Å². The third-order valence-corrected chi connectivity index (χ3v) is 2.64. The first-order chi connectivity index (χ1) is 10.6. The van der Waals surface area contributed by atoms with E-state index in [1.54, 1.807) is 12.1 Å². The van der Waals surface area contributed by atoms with Gasteiger partial charge < -0.3 is 8.83 Å². The van der Waals surface area contributed by atoms with Crippen LogP contribution >= 0.6 is 24.4 Å². The van der Waals surface area contributed by atoms with E-state index in [1.165, 1.54) is 24.7 Å². The number of carbonyl (C=O) groups is 2. The zero-order valence-corrected chi connectivity index (χ0v) is 12.5. The molecule has 0 fully saturated rings. The predicted octanol–water partition coefficient (Wildman–Crippen LogP) is 0.696. The fraction of sp³-hybridized carbons (Fsp3) is 0. The summed E-state index contributed by atoms with van der Waals surface area (Å²) in [7, 11) is 0. The van der Waals surface area contributed by atoms with Crippen molar-refractivity contribution < 1.29 is 18.4 Å². The first-order valence-electron chi connectivity index (χ1n) is 5.86. The Kier molecular flexibility index (Phi) is 5.22. The lowest BCUT2D eigenvalue weighted by Crippen LogP contribution is -2.52. The molecule has 8 nitrogen and oxygen atoms in total. The molecule has 114 valence electrons. The van der Waals surface area contributed by atoms with E-state index in [-0.39, 0.29) is 21.7 Å². The topological polar surface area (TPSA) is 109 Å². The Morgan fingerprint density at radius 1 is 0.818 bits per heavy atom. The van der Waals surface area contributed by atoms with E-state index in [0.717, 1.165) is 0 Å². The minimum atomic E-state index is -0.519. The maximum absolute atomic E-state index is 11.6. The molecule has 0 bridgehead atoms. The number of amides is 2. The molecule has 2 rings (SSSR count). The average Bonchev–Trinajstić information content (AvgIpc) is 3.17. The normalized spacial score (nSPS) is 9.64. The summed E-state index contributed by atoms with van der Waals surface area (Å²) in [6.07, 6.45) is 2.73. The van der Waals surface area contributed by atoms with Crippen molar-refractivity contribution in [2.45, 2.75) is 0 Å². The van der Waals surface area contributed by atoms with Gasteiger partial charge in [0.1, 0.15) is 0 Å². The fourth-order valence-corrected chi connectivity index (χ4v) is 1.61. The first-order valence-corrected chi connectivity index (χ1v) is 6.67. The Morgan fingerprint density at radius 3 is 1.55 bits per heavy atom. The van der Waals surface area contributed by atoms with Gasteiger partial charge in [0.2, 0.25) is 0 Å². The quantitative estimate of drug-likeness (QED) is 0.468. The van der Waals surface area contributed by atoms with E-state index < -0.39 is 11.8 Å². The van der Waals surface area contributed by atoms with Crippen LogP contribution in [-0.2, 0) is 0 Å². The molecular formula is C12H10N4O4S2. The number of hydrogen-bond acceptors (Lipinski definition) is 6. The highest BCUT2D eigenvalue weighted by atomic mass is 32.1. The number of nitrogens with one attached hydrogen (secondary N) is 4. The number of hydrogen-bond donors (Lipinski definition) is 4. The van der Waals surface area contributed by atoms with Crippen LogP contribution in [0.3, 0.4) is 0 Å². The molecule has 0 saturated carbocycles. The number of rotatable bonds is 2. The number of hydrazine groups is 1. The minimum absolute atomic E-state index is 0.0454. The Hall–Kier alpha value is -2.72. The predicted molar refractivity (Wildman–Crippen MR) is 83.8 cm³/mol. The van der Waals surface area contributed by atoms with Crippen LogP contribution < -0.4 is 21.5 Å². The molecule has 2 aromatic heterocycles. The van der Waals surface area contributed by atoms with E-state index in [1.807, 2.05) is 0 Å². The summed E-state index contributed by atoms with van der Waals surface area (Å²) in [4.78, 5) is 23.2. The lowest BCUT2D eigenvalue weighted by molar-refractivity contribution is 0.0940. The van der Waals surface area contributed by atoms with E-state index in [0.29, 0.717) is 0 Å². The fourth-order valence-electron chi connectivity index (χ4n) is 1.32.